The topological polar surface area (TPSA) is 71.7 Å². The molecule has 1 aromatic rings. The van der Waals surface area contributed by atoms with Crippen LogP contribution >= 0.6 is 27.5 Å². The second-order valence-electron chi connectivity index (χ2n) is 3.47. The molecule has 0 aliphatic heterocycles. The number of hydrogen-bond acceptors (Lipinski definition) is 3. The van der Waals surface area contributed by atoms with Crippen molar-refractivity contribution in [3.05, 3.63) is 27.7 Å². The van der Waals surface area contributed by atoms with Crippen molar-refractivity contribution >= 4 is 39.2 Å². The second-order valence-corrected chi connectivity index (χ2v) is 4.79. The first-order valence-corrected chi connectivity index (χ1v) is 6.56. The smallest absolute Gasteiger partial charge is 0.210 e. The number of hydrazine groups is 1. The first kappa shape index (κ1) is 15.2. The molecule has 5 nitrogen and oxygen atoms in total. The normalized spacial score (nSPS) is 11.4. The summed E-state index contributed by atoms with van der Waals surface area (Å²) in [6.07, 6.45) is 0.831. The van der Waals surface area contributed by atoms with Crippen LogP contribution in [0.4, 0.5) is 5.69 Å². The number of nitrogens with zero attached hydrogens (tertiary/aromatic N) is 1. The van der Waals surface area contributed by atoms with Gasteiger partial charge in [-0.2, -0.15) is 0 Å². The van der Waals surface area contributed by atoms with Crippen molar-refractivity contribution in [3.63, 3.8) is 0 Å². The number of ether oxygens (including phenoxy) is 1. The molecule has 0 bridgehead atoms. The Balaban J connectivity index is 2.61. The van der Waals surface area contributed by atoms with Crippen LogP contribution in [0.3, 0.4) is 0 Å². The van der Waals surface area contributed by atoms with Crippen LogP contribution < -0.4 is 16.6 Å². The first-order valence-electron chi connectivity index (χ1n) is 5.39. The van der Waals surface area contributed by atoms with Crippen LogP contribution in [0.25, 0.3) is 0 Å². The molecule has 0 spiro atoms. The van der Waals surface area contributed by atoms with Crippen molar-refractivity contribution in [2.75, 3.05) is 25.6 Å². The number of nitrogens with one attached hydrogen (secondary N) is 2. The van der Waals surface area contributed by atoms with Crippen LogP contribution in [0.1, 0.15) is 6.42 Å². The zero-order valence-corrected chi connectivity index (χ0v) is 12.4. The van der Waals surface area contributed by atoms with Gasteiger partial charge in [0.2, 0.25) is 5.96 Å². The average Bonchev–Trinajstić information content (AvgIpc) is 2.35. The fraction of sp³-hybridized carbons (Fsp3) is 0.364. The minimum Gasteiger partial charge on any atom is -0.385 e. The van der Waals surface area contributed by atoms with Crippen LogP contribution in [0.2, 0.25) is 5.02 Å². The summed E-state index contributed by atoms with van der Waals surface area (Å²) in [5, 5.41) is 3.61. The van der Waals surface area contributed by atoms with E-state index in [0.29, 0.717) is 24.1 Å². The van der Waals surface area contributed by atoms with Gasteiger partial charge in [-0.25, -0.2) is 5.84 Å². The number of benzene rings is 1. The Labute approximate surface area is 120 Å². The first-order chi connectivity index (χ1) is 8.67. The van der Waals surface area contributed by atoms with Gasteiger partial charge in [-0.1, -0.05) is 27.5 Å². The molecule has 0 saturated carbocycles. The van der Waals surface area contributed by atoms with Crippen molar-refractivity contribution in [3.8, 4) is 0 Å². The van der Waals surface area contributed by atoms with Gasteiger partial charge in [-0.05, 0) is 24.6 Å². The fourth-order valence-electron chi connectivity index (χ4n) is 1.24. The Morgan fingerprint density at radius 1 is 1.56 bits per heavy atom. The molecule has 18 heavy (non-hydrogen) atoms. The molecule has 0 amide bonds. The van der Waals surface area contributed by atoms with Crippen LogP contribution in [0.5, 0.6) is 0 Å². The Bertz CT molecular complexity index is 414. The lowest BCUT2D eigenvalue weighted by molar-refractivity contribution is 0.197. The summed E-state index contributed by atoms with van der Waals surface area (Å²) < 4.78 is 5.85. The summed E-state index contributed by atoms with van der Waals surface area (Å²) in [5.74, 6) is 5.86. The zero-order valence-electron chi connectivity index (χ0n) is 10.0. The molecule has 0 fully saturated rings. The van der Waals surface area contributed by atoms with Crippen LogP contribution in [-0.4, -0.2) is 26.2 Å². The number of rotatable bonds is 5. The highest BCUT2D eigenvalue weighted by atomic mass is 79.9. The zero-order chi connectivity index (χ0) is 13.4. The van der Waals surface area contributed by atoms with E-state index in [9.17, 15) is 0 Å². The maximum Gasteiger partial charge on any atom is 0.210 e. The van der Waals surface area contributed by atoms with E-state index in [4.69, 9.17) is 22.2 Å². The monoisotopic (exact) mass is 334 g/mol. The molecule has 0 aliphatic carbocycles. The van der Waals surface area contributed by atoms with E-state index in [1.165, 1.54) is 0 Å². The lowest BCUT2D eigenvalue weighted by Crippen LogP contribution is -2.36. The third-order valence-electron chi connectivity index (χ3n) is 2.10. The van der Waals surface area contributed by atoms with E-state index < -0.39 is 0 Å². The van der Waals surface area contributed by atoms with Gasteiger partial charge in [0.25, 0.3) is 0 Å². The summed E-state index contributed by atoms with van der Waals surface area (Å²) in [4.78, 5) is 4.26. The quantitative estimate of drug-likeness (QED) is 0.254. The van der Waals surface area contributed by atoms with Crippen molar-refractivity contribution in [2.24, 2.45) is 10.8 Å². The van der Waals surface area contributed by atoms with E-state index in [2.05, 4.69) is 31.7 Å². The van der Waals surface area contributed by atoms with Crippen LogP contribution in [0, 0.1) is 0 Å². The minimum absolute atomic E-state index is 0.468. The molecular weight excluding hydrogens is 320 g/mol. The number of guanidine groups is 1. The highest BCUT2D eigenvalue weighted by molar-refractivity contribution is 9.10. The molecule has 0 radical (unpaired) electrons. The SMILES string of the molecule is COCCCN=C(NN)Nc1ccc(Br)cc1Cl. The molecule has 1 rings (SSSR count). The summed E-state index contributed by atoms with van der Waals surface area (Å²) in [5.41, 5.74) is 3.24. The summed E-state index contributed by atoms with van der Waals surface area (Å²) in [7, 11) is 1.66. The fourth-order valence-corrected chi connectivity index (χ4v) is 1.96. The maximum absolute atomic E-state index is 6.08. The summed E-state index contributed by atoms with van der Waals surface area (Å²) in [6.45, 7) is 1.29. The van der Waals surface area contributed by atoms with E-state index in [-0.39, 0.29) is 0 Å². The molecule has 0 saturated heterocycles. The van der Waals surface area contributed by atoms with Gasteiger partial charge >= 0.3 is 0 Å². The van der Waals surface area contributed by atoms with Crippen molar-refractivity contribution < 1.29 is 4.74 Å². The molecule has 0 atom stereocenters. The molecule has 1 aromatic carbocycles. The Kier molecular flexibility index (Phi) is 7.04. The van der Waals surface area contributed by atoms with Gasteiger partial charge in [0.15, 0.2) is 0 Å². The molecule has 100 valence electrons. The highest BCUT2D eigenvalue weighted by Gasteiger charge is 2.03. The number of methoxy groups -OCH3 is 1. The van der Waals surface area contributed by atoms with Gasteiger partial charge in [0.05, 0.1) is 10.7 Å². The highest BCUT2D eigenvalue weighted by Crippen LogP contribution is 2.25. The predicted octanol–water partition coefficient (Wildman–Crippen LogP) is 2.37. The molecular formula is C11H16BrClN4O. The lowest BCUT2D eigenvalue weighted by Gasteiger charge is -2.10. The van der Waals surface area contributed by atoms with E-state index in [0.717, 1.165) is 16.6 Å². The average molecular weight is 336 g/mol. The number of anilines is 1. The van der Waals surface area contributed by atoms with Crippen molar-refractivity contribution in [1.82, 2.24) is 5.43 Å². The number of hydrogen-bond donors (Lipinski definition) is 3. The molecule has 7 heteroatoms. The van der Waals surface area contributed by atoms with Gasteiger partial charge in [-0.3, -0.25) is 10.4 Å². The van der Waals surface area contributed by atoms with Gasteiger partial charge < -0.3 is 10.1 Å². The maximum atomic E-state index is 6.08. The van der Waals surface area contributed by atoms with Crippen molar-refractivity contribution in [1.29, 1.82) is 0 Å². The number of halogens is 2. The Morgan fingerprint density at radius 2 is 2.33 bits per heavy atom. The molecule has 0 unspecified atom stereocenters. The standard InChI is InChI=1S/C11H16BrClN4O/c1-18-6-2-5-15-11(17-14)16-10-4-3-8(12)7-9(10)13/h3-4,7H,2,5-6,14H2,1H3,(H2,15,16,17). The van der Waals surface area contributed by atoms with Gasteiger partial charge in [-0.15, -0.1) is 0 Å². The van der Waals surface area contributed by atoms with Gasteiger partial charge in [0.1, 0.15) is 0 Å². The molecule has 4 N–H and O–H groups in total. The minimum atomic E-state index is 0.468. The van der Waals surface area contributed by atoms with E-state index in [1.807, 2.05) is 12.1 Å². The second kappa shape index (κ2) is 8.31. The summed E-state index contributed by atoms with van der Waals surface area (Å²) >= 11 is 9.42. The van der Waals surface area contributed by atoms with E-state index >= 15 is 0 Å². The van der Waals surface area contributed by atoms with Crippen LogP contribution in [-0.2, 0) is 4.74 Å². The number of aliphatic imine (C=N–C) groups is 1. The number of nitrogens with two attached hydrogens (primary N) is 1. The van der Waals surface area contributed by atoms with E-state index in [1.54, 1.807) is 13.2 Å². The van der Waals surface area contributed by atoms with Crippen molar-refractivity contribution in [2.45, 2.75) is 6.42 Å². The third kappa shape index (κ3) is 5.22. The predicted molar refractivity (Wildman–Crippen MR) is 78.9 cm³/mol. The summed E-state index contributed by atoms with van der Waals surface area (Å²) in [6, 6.07) is 5.52. The molecule has 0 aliphatic rings. The molecule has 0 aromatic heterocycles. The molecule has 0 heterocycles. The Hall–Kier alpha value is -0.820. The Morgan fingerprint density at radius 3 is 2.94 bits per heavy atom. The van der Waals surface area contributed by atoms with Crippen LogP contribution in [0.15, 0.2) is 27.7 Å². The van der Waals surface area contributed by atoms with Gasteiger partial charge in [0, 0.05) is 24.7 Å². The largest absolute Gasteiger partial charge is 0.385 e. The lowest BCUT2D eigenvalue weighted by atomic mass is 10.3. The third-order valence-corrected chi connectivity index (χ3v) is 2.90.